The van der Waals surface area contributed by atoms with E-state index in [1.165, 1.54) is 0 Å². The second-order valence-electron chi connectivity index (χ2n) is 3.95. The van der Waals surface area contributed by atoms with E-state index in [9.17, 15) is 14.7 Å². The Morgan fingerprint density at radius 3 is 2.14 bits per heavy atom. The molecular weight excluding hydrogens is 188 g/mol. The second-order valence-corrected chi connectivity index (χ2v) is 3.95. The fourth-order valence-corrected chi connectivity index (χ4v) is 1.10. The molecule has 0 saturated heterocycles. The van der Waals surface area contributed by atoms with E-state index in [0.717, 1.165) is 4.68 Å². The van der Waals surface area contributed by atoms with Crippen molar-refractivity contribution in [2.24, 2.45) is 0 Å². The molecule has 0 radical (unpaired) electrons. The highest BCUT2D eigenvalue weighted by atomic mass is 16.4. The first kappa shape index (κ1) is 10.4. The summed E-state index contributed by atoms with van der Waals surface area (Å²) in [5.74, 6) is -1.98. The molecule has 3 N–H and O–H groups in total. The zero-order valence-electron chi connectivity index (χ0n) is 8.16. The van der Waals surface area contributed by atoms with Gasteiger partial charge in [0.05, 0.1) is 5.54 Å². The summed E-state index contributed by atoms with van der Waals surface area (Å²) < 4.78 is 1.12. The number of H-pyrrole nitrogens is 1. The molecule has 0 spiro atoms. The topological polar surface area (TPSA) is 95.3 Å². The van der Waals surface area contributed by atoms with Crippen molar-refractivity contribution in [1.29, 1.82) is 0 Å². The van der Waals surface area contributed by atoms with Crippen LogP contribution in [0.15, 0.2) is 4.79 Å². The van der Waals surface area contributed by atoms with Gasteiger partial charge in [-0.3, -0.25) is 9.89 Å². The van der Waals surface area contributed by atoms with Gasteiger partial charge in [-0.05, 0) is 20.8 Å². The van der Waals surface area contributed by atoms with Crippen molar-refractivity contribution in [2.45, 2.75) is 26.3 Å². The van der Waals surface area contributed by atoms with E-state index in [2.05, 4.69) is 5.10 Å². The summed E-state index contributed by atoms with van der Waals surface area (Å²) in [5, 5.41) is 20.4. The molecular formula is C8H12N2O4. The van der Waals surface area contributed by atoms with Crippen molar-refractivity contribution < 1.29 is 15.0 Å². The average Bonchev–Trinajstić information content (AvgIpc) is 2.24. The van der Waals surface area contributed by atoms with Crippen LogP contribution in [0.2, 0.25) is 0 Å². The largest absolute Gasteiger partial charge is 0.493 e. The molecule has 1 aromatic heterocycles. The number of hydrogen-bond donors (Lipinski definition) is 3. The number of carboxylic acids is 1. The summed E-state index contributed by atoms with van der Waals surface area (Å²) in [6, 6.07) is 0. The summed E-state index contributed by atoms with van der Waals surface area (Å²) in [5.41, 5.74) is -2.00. The van der Waals surface area contributed by atoms with Crippen molar-refractivity contribution in [2.75, 3.05) is 0 Å². The average molecular weight is 200 g/mol. The third-order valence-corrected chi connectivity index (χ3v) is 1.76. The van der Waals surface area contributed by atoms with Gasteiger partial charge in [-0.2, -0.15) is 0 Å². The first-order valence-corrected chi connectivity index (χ1v) is 4.03. The maximum atomic E-state index is 11.1. The standard InChI is InChI=1S/C8H12N2O4/c1-8(2,3)10-6(12)4(7(13)14)5(11)9-10/h12H,1-3H3,(H,9,11)(H,13,14). The Kier molecular flexibility index (Phi) is 2.15. The number of carboxylic acid groups (broad SMARTS) is 1. The molecule has 1 aromatic rings. The molecule has 0 bridgehead atoms. The molecule has 1 heterocycles. The van der Waals surface area contributed by atoms with Crippen LogP contribution in [0.1, 0.15) is 31.1 Å². The maximum absolute atomic E-state index is 11.1. The third-order valence-electron chi connectivity index (χ3n) is 1.76. The van der Waals surface area contributed by atoms with Gasteiger partial charge in [-0.15, -0.1) is 0 Å². The van der Waals surface area contributed by atoms with Crippen molar-refractivity contribution in [1.82, 2.24) is 9.78 Å². The minimum absolute atomic E-state index is 0.546. The molecule has 6 nitrogen and oxygen atoms in total. The molecule has 0 atom stereocenters. The van der Waals surface area contributed by atoms with Crippen LogP contribution < -0.4 is 5.56 Å². The second kappa shape index (κ2) is 2.90. The van der Waals surface area contributed by atoms with Gasteiger partial charge in [0.2, 0.25) is 5.88 Å². The monoisotopic (exact) mass is 200 g/mol. The van der Waals surface area contributed by atoms with Crippen LogP contribution >= 0.6 is 0 Å². The summed E-state index contributed by atoms with van der Waals surface area (Å²) in [6.07, 6.45) is 0. The first-order chi connectivity index (χ1) is 6.25. The number of hydrogen-bond acceptors (Lipinski definition) is 3. The number of nitrogens with zero attached hydrogens (tertiary/aromatic N) is 1. The highest BCUT2D eigenvalue weighted by Crippen LogP contribution is 2.21. The van der Waals surface area contributed by atoms with E-state index in [-0.39, 0.29) is 0 Å². The van der Waals surface area contributed by atoms with E-state index in [0.29, 0.717) is 0 Å². The molecule has 0 unspecified atom stereocenters. The van der Waals surface area contributed by atoms with Gasteiger partial charge in [0.25, 0.3) is 5.56 Å². The Labute approximate surface area is 79.8 Å². The number of aromatic amines is 1. The SMILES string of the molecule is CC(C)(C)n1[nH]c(=O)c(C(=O)O)c1O. The van der Waals surface area contributed by atoms with Gasteiger partial charge < -0.3 is 10.2 Å². The van der Waals surface area contributed by atoms with Crippen molar-refractivity contribution in [3.8, 4) is 5.88 Å². The Bertz CT molecular complexity index is 422. The van der Waals surface area contributed by atoms with Crippen LogP contribution in [0, 0.1) is 0 Å². The Hall–Kier alpha value is -1.72. The van der Waals surface area contributed by atoms with Gasteiger partial charge in [0, 0.05) is 0 Å². The van der Waals surface area contributed by atoms with Crippen LogP contribution in [0.3, 0.4) is 0 Å². The lowest BCUT2D eigenvalue weighted by Gasteiger charge is -2.20. The Morgan fingerprint density at radius 1 is 1.43 bits per heavy atom. The van der Waals surface area contributed by atoms with E-state index in [1.54, 1.807) is 20.8 Å². The fraction of sp³-hybridized carbons (Fsp3) is 0.500. The molecule has 0 amide bonds. The predicted molar refractivity (Wildman–Crippen MR) is 48.7 cm³/mol. The lowest BCUT2D eigenvalue weighted by molar-refractivity contribution is 0.0691. The summed E-state index contributed by atoms with van der Waals surface area (Å²) in [4.78, 5) is 21.7. The highest BCUT2D eigenvalue weighted by molar-refractivity contribution is 5.89. The molecule has 1 rings (SSSR count). The van der Waals surface area contributed by atoms with Crippen LogP contribution in [0.5, 0.6) is 5.88 Å². The molecule has 0 aliphatic carbocycles. The zero-order valence-corrected chi connectivity index (χ0v) is 8.16. The lowest BCUT2D eigenvalue weighted by atomic mass is 10.1. The van der Waals surface area contributed by atoms with Gasteiger partial charge in [0.1, 0.15) is 0 Å². The van der Waals surface area contributed by atoms with Crippen LogP contribution in [0.4, 0.5) is 0 Å². The van der Waals surface area contributed by atoms with Crippen molar-refractivity contribution >= 4 is 5.97 Å². The fourth-order valence-electron chi connectivity index (χ4n) is 1.10. The van der Waals surface area contributed by atoms with Crippen LogP contribution in [-0.2, 0) is 5.54 Å². The number of carbonyl (C=O) groups is 1. The maximum Gasteiger partial charge on any atom is 0.346 e. The summed E-state index contributed by atoms with van der Waals surface area (Å²) >= 11 is 0. The molecule has 78 valence electrons. The summed E-state index contributed by atoms with van der Waals surface area (Å²) in [7, 11) is 0. The van der Waals surface area contributed by atoms with Gasteiger partial charge in [-0.1, -0.05) is 0 Å². The van der Waals surface area contributed by atoms with Crippen LogP contribution in [0.25, 0.3) is 0 Å². The minimum atomic E-state index is -1.44. The number of nitrogens with one attached hydrogen (secondary N) is 1. The third kappa shape index (κ3) is 1.50. The van der Waals surface area contributed by atoms with Gasteiger partial charge >= 0.3 is 5.97 Å². The Morgan fingerprint density at radius 2 is 1.93 bits per heavy atom. The van der Waals surface area contributed by atoms with E-state index in [1.807, 2.05) is 0 Å². The van der Waals surface area contributed by atoms with Crippen molar-refractivity contribution in [3.63, 3.8) is 0 Å². The number of aromatic hydroxyl groups is 1. The number of aromatic carboxylic acids is 1. The van der Waals surface area contributed by atoms with Crippen molar-refractivity contribution in [3.05, 3.63) is 15.9 Å². The van der Waals surface area contributed by atoms with E-state index >= 15 is 0 Å². The Balaban J connectivity index is 3.47. The van der Waals surface area contributed by atoms with Crippen LogP contribution in [-0.4, -0.2) is 26.0 Å². The zero-order chi connectivity index (χ0) is 11.1. The normalized spacial score (nSPS) is 11.6. The molecule has 14 heavy (non-hydrogen) atoms. The highest BCUT2D eigenvalue weighted by Gasteiger charge is 2.26. The summed E-state index contributed by atoms with van der Waals surface area (Å²) in [6.45, 7) is 5.19. The molecule has 0 aliphatic rings. The number of rotatable bonds is 1. The smallest absolute Gasteiger partial charge is 0.346 e. The molecule has 0 saturated carbocycles. The lowest BCUT2D eigenvalue weighted by Crippen LogP contribution is -2.24. The molecule has 0 aliphatic heterocycles. The first-order valence-electron chi connectivity index (χ1n) is 4.03. The van der Waals surface area contributed by atoms with Gasteiger partial charge in [0.15, 0.2) is 5.56 Å². The van der Waals surface area contributed by atoms with E-state index < -0.39 is 28.5 Å². The van der Waals surface area contributed by atoms with Gasteiger partial charge in [-0.25, -0.2) is 9.48 Å². The predicted octanol–water partition coefficient (Wildman–Crippen LogP) is 0.335. The number of aromatic nitrogens is 2. The quantitative estimate of drug-likeness (QED) is 0.609. The molecule has 0 aromatic carbocycles. The molecule has 0 fully saturated rings. The van der Waals surface area contributed by atoms with E-state index in [4.69, 9.17) is 5.11 Å². The minimum Gasteiger partial charge on any atom is -0.493 e. The molecule has 6 heteroatoms.